The van der Waals surface area contributed by atoms with Crippen molar-refractivity contribution in [2.24, 2.45) is 5.92 Å². The fourth-order valence-corrected chi connectivity index (χ4v) is 2.64. The molecule has 2 unspecified atom stereocenters. The van der Waals surface area contributed by atoms with Crippen molar-refractivity contribution in [1.82, 2.24) is 5.32 Å². The molecule has 2 heteroatoms. The molecule has 0 aliphatic heterocycles. The molecule has 100 valence electrons. The van der Waals surface area contributed by atoms with Gasteiger partial charge in [-0.25, -0.2) is 0 Å². The second kappa shape index (κ2) is 7.55. The quantitative estimate of drug-likeness (QED) is 0.778. The predicted octanol–water partition coefficient (Wildman–Crippen LogP) is 3.37. The molecule has 1 aromatic rings. The van der Waals surface area contributed by atoms with Crippen LogP contribution in [0.3, 0.4) is 0 Å². The van der Waals surface area contributed by atoms with Gasteiger partial charge in [0.05, 0.1) is 12.7 Å². The summed E-state index contributed by atoms with van der Waals surface area (Å²) in [7, 11) is 0. The van der Waals surface area contributed by atoms with Gasteiger partial charge in [0.2, 0.25) is 0 Å². The fraction of sp³-hybridized carbons (Fsp3) is 0.625. The lowest BCUT2D eigenvalue weighted by Crippen LogP contribution is -2.29. The van der Waals surface area contributed by atoms with Crippen LogP contribution in [0.5, 0.6) is 0 Å². The molecule has 1 aliphatic carbocycles. The first-order valence-electron chi connectivity index (χ1n) is 7.22. The van der Waals surface area contributed by atoms with E-state index in [1.165, 1.54) is 31.2 Å². The average Bonchev–Trinajstić information content (AvgIpc) is 2.42. The van der Waals surface area contributed by atoms with E-state index in [0.717, 1.165) is 25.6 Å². The highest BCUT2D eigenvalue weighted by molar-refractivity contribution is 5.14. The van der Waals surface area contributed by atoms with Gasteiger partial charge in [0.1, 0.15) is 0 Å². The minimum atomic E-state index is 0.497. The van der Waals surface area contributed by atoms with E-state index in [0.29, 0.717) is 6.10 Å². The smallest absolute Gasteiger partial charge is 0.0601 e. The van der Waals surface area contributed by atoms with E-state index in [1.807, 2.05) is 0 Å². The molecular weight excluding hydrogens is 222 g/mol. The summed E-state index contributed by atoms with van der Waals surface area (Å²) >= 11 is 0. The third-order valence-electron chi connectivity index (χ3n) is 3.82. The Morgan fingerprint density at radius 3 is 2.72 bits per heavy atom. The van der Waals surface area contributed by atoms with Gasteiger partial charge in [-0.05, 0) is 24.3 Å². The summed E-state index contributed by atoms with van der Waals surface area (Å²) in [5.74, 6) is 0.743. The molecule has 1 fully saturated rings. The molecule has 1 aromatic carbocycles. The predicted molar refractivity (Wildman–Crippen MR) is 75.5 cm³/mol. The first-order valence-corrected chi connectivity index (χ1v) is 7.22. The van der Waals surface area contributed by atoms with Gasteiger partial charge in [0, 0.05) is 13.1 Å². The highest BCUT2D eigenvalue weighted by atomic mass is 16.5. The summed E-state index contributed by atoms with van der Waals surface area (Å²) in [6.45, 7) is 5.03. The van der Waals surface area contributed by atoms with Crippen molar-refractivity contribution in [3.8, 4) is 0 Å². The summed E-state index contributed by atoms with van der Waals surface area (Å²) < 4.78 is 5.97. The molecule has 1 saturated carbocycles. The normalized spacial score (nSPS) is 24.1. The van der Waals surface area contributed by atoms with Gasteiger partial charge in [0.15, 0.2) is 0 Å². The number of ether oxygens (including phenoxy) is 1. The molecule has 0 radical (unpaired) electrons. The van der Waals surface area contributed by atoms with E-state index in [4.69, 9.17) is 4.74 Å². The maximum atomic E-state index is 5.97. The van der Waals surface area contributed by atoms with Gasteiger partial charge in [-0.1, -0.05) is 50.1 Å². The zero-order valence-corrected chi connectivity index (χ0v) is 11.4. The van der Waals surface area contributed by atoms with Gasteiger partial charge in [0.25, 0.3) is 0 Å². The number of nitrogens with one attached hydrogen (secondary N) is 1. The van der Waals surface area contributed by atoms with Crippen molar-refractivity contribution in [3.63, 3.8) is 0 Å². The molecular formula is C16H25NO. The van der Waals surface area contributed by atoms with Crippen molar-refractivity contribution in [3.05, 3.63) is 35.9 Å². The molecule has 0 aromatic heterocycles. The van der Waals surface area contributed by atoms with Crippen LogP contribution < -0.4 is 5.32 Å². The van der Waals surface area contributed by atoms with Crippen LogP contribution in [0.4, 0.5) is 0 Å². The minimum absolute atomic E-state index is 0.497. The second-order valence-corrected chi connectivity index (χ2v) is 5.33. The van der Waals surface area contributed by atoms with Gasteiger partial charge < -0.3 is 10.1 Å². The van der Waals surface area contributed by atoms with Gasteiger partial charge in [-0.3, -0.25) is 0 Å². The van der Waals surface area contributed by atoms with Crippen LogP contribution in [0, 0.1) is 5.92 Å². The van der Waals surface area contributed by atoms with Crippen LogP contribution in [0.2, 0.25) is 0 Å². The van der Waals surface area contributed by atoms with Gasteiger partial charge >= 0.3 is 0 Å². The Kier molecular flexibility index (Phi) is 5.69. The van der Waals surface area contributed by atoms with Crippen molar-refractivity contribution < 1.29 is 4.74 Å². The van der Waals surface area contributed by atoms with Crippen molar-refractivity contribution >= 4 is 0 Å². The Hall–Kier alpha value is -0.860. The van der Waals surface area contributed by atoms with Crippen LogP contribution in [-0.4, -0.2) is 19.3 Å². The number of hydrogen-bond acceptors (Lipinski definition) is 2. The van der Waals surface area contributed by atoms with E-state index in [1.54, 1.807) is 0 Å². The van der Waals surface area contributed by atoms with Crippen LogP contribution in [0.25, 0.3) is 0 Å². The molecule has 2 nitrogen and oxygen atoms in total. The summed E-state index contributed by atoms with van der Waals surface area (Å²) in [6.07, 6.45) is 5.80. The van der Waals surface area contributed by atoms with E-state index >= 15 is 0 Å². The lowest BCUT2D eigenvalue weighted by atomic mass is 9.88. The van der Waals surface area contributed by atoms with Crippen LogP contribution in [0.15, 0.2) is 30.3 Å². The Morgan fingerprint density at radius 1 is 1.17 bits per heavy atom. The summed E-state index contributed by atoms with van der Waals surface area (Å²) in [5.41, 5.74) is 1.34. The lowest BCUT2D eigenvalue weighted by Gasteiger charge is -2.28. The Labute approximate surface area is 111 Å². The number of benzene rings is 1. The average molecular weight is 247 g/mol. The SMILES string of the molecule is CC1CCCCC1OCCNCc1ccccc1. The molecule has 0 bridgehead atoms. The first-order chi connectivity index (χ1) is 8.86. The Morgan fingerprint density at radius 2 is 1.94 bits per heavy atom. The van der Waals surface area contributed by atoms with E-state index in [-0.39, 0.29) is 0 Å². The maximum Gasteiger partial charge on any atom is 0.0601 e. The molecule has 18 heavy (non-hydrogen) atoms. The Balaban J connectivity index is 1.56. The van der Waals surface area contributed by atoms with Gasteiger partial charge in [-0.2, -0.15) is 0 Å². The maximum absolute atomic E-state index is 5.97. The zero-order chi connectivity index (χ0) is 12.6. The molecule has 1 aliphatic rings. The fourth-order valence-electron chi connectivity index (χ4n) is 2.64. The van der Waals surface area contributed by atoms with E-state index in [9.17, 15) is 0 Å². The minimum Gasteiger partial charge on any atom is -0.377 e. The third kappa shape index (κ3) is 4.43. The highest BCUT2D eigenvalue weighted by Crippen LogP contribution is 2.25. The number of rotatable bonds is 6. The molecule has 0 spiro atoms. The largest absolute Gasteiger partial charge is 0.377 e. The number of hydrogen-bond donors (Lipinski definition) is 1. The van der Waals surface area contributed by atoms with Crippen LogP contribution in [0.1, 0.15) is 38.2 Å². The molecule has 0 heterocycles. The standard InChI is InChI=1S/C16H25NO/c1-14-7-5-6-10-16(14)18-12-11-17-13-15-8-3-2-4-9-15/h2-4,8-9,14,16-17H,5-7,10-13H2,1H3. The van der Waals surface area contributed by atoms with Gasteiger partial charge in [-0.15, -0.1) is 0 Å². The molecule has 1 N–H and O–H groups in total. The monoisotopic (exact) mass is 247 g/mol. The summed E-state index contributed by atoms with van der Waals surface area (Å²) in [5, 5.41) is 3.43. The molecule has 0 saturated heterocycles. The Bertz CT molecular complexity index is 325. The first kappa shape index (κ1) is 13.6. The van der Waals surface area contributed by atoms with Crippen LogP contribution >= 0.6 is 0 Å². The van der Waals surface area contributed by atoms with Crippen LogP contribution in [-0.2, 0) is 11.3 Å². The summed E-state index contributed by atoms with van der Waals surface area (Å²) in [6, 6.07) is 10.5. The van der Waals surface area contributed by atoms with Crippen molar-refractivity contribution in [2.75, 3.05) is 13.2 Å². The zero-order valence-electron chi connectivity index (χ0n) is 11.4. The second-order valence-electron chi connectivity index (χ2n) is 5.33. The van der Waals surface area contributed by atoms with E-state index < -0.39 is 0 Å². The molecule has 2 rings (SSSR count). The van der Waals surface area contributed by atoms with Crippen molar-refractivity contribution in [1.29, 1.82) is 0 Å². The topological polar surface area (TPSA) is 21.3 Å². The van der Waals surface area contributed by atoms with Crippen molar-refractivity contribution in [2.45, 2.75) is 45.3 Å². The highest BCUT2D eigenvalue weighted by Gasteiger charge is 2.21. The van der Waals surface area contributed by atoms with E-state index in [2.05, 4.69) is 42.6 Å². The molecule has 2 atom stereocenters. The lowest BCUT2D eigenvalue weighted by molar-refractivity contribution is -0.00322. The third-order valence-corrected chi connectivity index (χ3v) is 3.82. The summed E-state index contributed by atoms with van der Waals surface area (Å²) in [4.78, 5) is 0. The molecule has 0 amide bonds.